The second-order valence-corrected chi connectivity index (χ2v) is 2.26. The van der Waals surface area contributed by atoms with Gasteiger partial charge in [0, 0.05) is 6.07 Å². The lowest BCUT2D eigenvalue weighted by Crippen LogP contribution is -1.95. The highest BCUT2D eigenvalue weighted by molar-refractivity contribution is 7.80. The molecule has 0 aliphatic rings. The molecule has 0 spiro atoms. The van der Waals surface area contributed by atoms with E-state index in [2.05, 4.69) is 12.6 Å². The Morgan fingerprint density at radius 3 is 2.75 bits per heavy atom. The van der Waals surface area contributed by atoms with Gasteiger partial charge in [-0.2, -0.15) is 0 Å². The molecular formula is C7H7NO3S. The Hall–Kier alpha value is -1.23. The van der Waals surface area contributed by atoms with Crippen molar-refractivity contribution in [2.24, 2.45) is 0 Å². The molecule has 0 fully saturated rings. The van der Waals surface area contributed by atoms with E-state index < -0.39 is 4.92 Å². The number of rotatable bonds is 3. The largest absolute Gasteiger partial charge is 0.476 e. The van der Waals surface area contributed by atoms with Crippen molar-refractivity contribution >= 4 is 18.3 Å². The number of hydrogen-bond acceptors (Lipinski definition) is 4. The molecule has 0 saturated heterocycles. The van der Waals surface area contributed by atoms with Crippen molar-refractivity contribution in [3.05, 3.63) is 34.4 Å². The number of thiol groups is 1. The molecule has 0 heterocycles. The van der Waals surface area contributed by atoms with Crippen molar-refractivity contribution in [2.75, 3.05) is 5.94 Å². The van der Waals surface area contributed by atoms with Crippen LogP contribution in [-0.4, -0.2) is 10.9 Å². The summed E-state index contributed by atoms with van der Waals surface area (Å²) in [5.41, 5.74) is -0.0356. The lowest BCUT2D eigenvalue weighted by Gasteiger charge is -2.01. The molecule has 0 aromatic heterocycles. The van der Waals surface area contributed by atoms with Crippen LogP contribution in [-0.2, 0) is 0 Å². The zero-order valence-electron chi connectivity index (χ0n) is 6.14. The molecule has 0 aliphatic carbocycles. The van der Waals surface area contributed by atoms with E-state index in [1.165, 1.54) is 12.1 Å². The number of nitro benzene ring substituents is 1. The summed E-state index contributed by atoms with van der Waals surface area (Å²) in [6.45, 7) is 0. The Kier molecular flexibility index (Phi) is 2.93. The first kappa shape index (κ1) is 8.86. The van der Waals surface area contributed by atoms with Crippen LogP contribution in [0.5, 0.6) is 5.75 Å². The molecule has 0 saturated carbocycles. The monoisotopic (exact) mass is 185 g/mol. The van der Waals surface area contributed by atoms with Crippen molar-refractivity contribution in [1.82, 2.24) is 0 Å². The molecule has 1 aromatic rings. The van der Waals surface area contributed by atoms with E-state index in [1.807, 2.05) is 0 Å². The summed E-state index contributed by atoms with van der Waals surface area (Å²) < 4.78 is 4.92. The van der Waals surface area contributed by atoms with Gasteiger partial charge in [0.1, 0.15) is 5.94 Å². The maximum atomic E-state index is 10.4. The summed E-state index contributed by atoms with van der Waals surface area (Å²) in [5, 5.41) is 10.4. The summed E-state index contributed by atoms with van der Waals surface area (Å²) >= 11 is 3.80. The van der Waals surface area contributed by atoms with Crippen molar-refractivity contribution in [2.45, 2.75) is 0 Å². The van der Waals surface area contributed by atoms with Gasteiger partial charge in [-0.1, -0.05) is 12.1 Å². The summed E-state index contributed by atoms with van der Waals surface area (Å²) in [6.07, 6.45) is 0. The maximum Gasteiger partial charge on any atom is 0.310 e. The van der Waals surface area contributed by atoms with Crippen LogP contribution in [0.25, 0.3) is 0 Å². The van der Waals surface area contributed by atoms with E-state index in [0.717, 1.165) is 0 Å². The number of nitro groups is 1. The molecule has 64 valence electrons. The highest BCUT2D eigenvalue weighted by atomic mass is 32.1. The van der Waals surface area contributed by atoms with E-state index in [4.69, 9.17) is 4.74 Å². The maximum absolute atomic E-state index is 10.4. The van der Waals surface area contributed by atoms with Gasteiger partial charge >= 0.3 is 5.69 Å². The van der Waals surface area contributed by atoms with Gasteiger partial charge in [0.15, 0.2) is 5.75 Å². The zero-order valence-corrected chi connectivity index (χ0v) is 7.03. The third-order valence-corrected chi connectivity index (χ3v) is 1.41. The number of nitrogens with zero attached hydrogens (tertiary/aromatic N) is 1. The minimum atomic E-state index is -0.487. The van der Waals surface area contributed by atoms with Crippen molar-refractivity contribution < 1.29 is 9.66 Å². The molecule has 0 N–H and O–H groups in total. The number of ether oxygens (including phenoxy) is 1. The summed E-state index contributed by atoms with van der Waals surface area (Å²) in [5.74, 6) is 0.377. The average Bonchev–Trinajstić information content (AvgIpc) is 2.05. The summed E-state index contributed by atoms with van der Waals surface area (Å²) in [6, 6.07) is 6.18. The molecule has 0 bridgehead atoms. The van der Waals surface area contributed by atoms with E-state index in [-0.39, 0.29) is 17.4 Å². The molecule has 0 unspecified atom stereocenters. The minimum absolute atomic E-state index is 0.0356. The lowest BCUT2D eigenvalue weighted by atomic mass is 10.3. The smallest absolute Gasteiger partial charge is 0.310 e. The molecule has 5 heteroatoms. The third-order valence-electron chi connectivity index (χ3n) is 1.28. The van der Waals surface area contributed by atoms with Crippen LogP contribution in [0, 0.1) is 10.1 Å². The first-order chi connectivity index (χ1) is 5.75. The Morgan fingerprint density at radius 2 is 2.17 bits per heavy atom. The second-order valence-electron chi connectivity index (χ2n) is 2.00. The molecule has 1 rings (SSSR count). The highest BCUT2D eigenvalue weighted by Gasteiger charge is 2.12. The van der Waals surface area contributed by atoms with E-state index in [0.29, 0.717) is 0 Å². The fraction of sp³-hybridized carbons (Fsp3) is 0.143. The van der Waals surface area contributed by atoms with E-state index >= 15 is 0 Å². The minimum Gasteiger partial charge on any atom is -0.476 e. The normalized spacial score (nSPS) is 9.42. The number of para-hydroxylation sites is 2. The number of benzene rings is 1. The van der Waals surface area contributed by atoms with Crippen LogP contribution in [0.2, 0.25) is 0 Å². The van der Waals surface area contributed by atoms with Crippen LogP contribution in [0.15, 0.2) is 24.3 Å². The van der Waals surface area contributed by atoms with Crippen LogP contribution >= 0.6 is 12.6 Å². The summed E-state index contributed by atoms with van der Waals surface area (Å²) in [7, 11) is 0. The van der Waals surface area contributed by atoms with E-state index in [1.54, 1.807) is 12.1 Å². The van der Waals surface area contributed by atoms with Crippen LogP contribution in [0.4, 0.5) is 5.69 Å². The molecule has 0 aliphatic heterocycles. The Labute approximate surface area is 74.7 Å². The SMILES string of the molecule is O=[N+]([O-])c1ccccc1OCS. The lowest BCUT2D eigenvalue weighted by molar-refractivity contribution is -0.385. The molecule has 0 amide bonds. The van der Waals surface area contributed by atoms with Gasteiger partial charge in [-0.25, -0.2) is 0 Å². The Bertz CT molecular complexity index is 290. The predicted molar refractivity (Wildman–Crippen MR) is 47.6 cm³/mol. The molecule has 0 atom stereocenters. The fourth-order valence-corrected chi connectivity index (χ4v) is 0.939. The first-order valence-electron chi connectivity index (χ1n) is 3.23. The van der Waals surface area contributed by atoms with Crippen LogP contribution in [0.1, 0.15) is 0 Å². The number of hydrogen-bond donors (Lipinski definition) is 1. The topological polar surface area (TPSA) is 52.4 Å². The third kappa shape index (κ3) is 1.88. The van der Waals surface area contributed by atoms with Gasteiger partial charge < -0.3 is 4.74 Å². The van der Waals surface area contributed by atoms with Crippen molar-refractivity contribution in [1.29, 1.82) is 0 Å². The van der Waals surface area contributed by atoms with Gasteiger partial charge in [0.25, 0.3) is 0 Å². The summed E-state index contributed by atoms with van der Waals surface area (Å²) in [4.78, 5) is 9.91. The fourth-order valence-electron chi connectivity index (χ4n) is 0.800. The first-order valence-corrected chi connectivity index (χ1v) is 3.86. The molecule has 4 nitrogen and oxygen atoms in total. The Morgan fingerprint density at radius 1 is 1.50 bits per heavy atom. The van der Waals surface area contributed by atoms with Gasteiger partial charge in [-0.05, 0) is 6.07 Å². The predicted octanol–water partition coefficient (Wildman–Crippen LogP) is 1.86. The van der Waals surface area contributed by atoms with Gasteiger partial charge in [-0.15, -0.1) is 12.6 Å². The Balaban J connectivity index is 3.00. The van der Waals surface area contributed by atoms with Gasteiger partial charge in [-0.3, -0.25) is 10.1 Å². The zero-order chi connectivity index (χ0) is 8.97. The molecular weight excluding hydrogens is 178 g/mol. The standard InChI is InChI=1S/C7H7NO3S/c9-8(10)6-3-1-2-4-7(6)11-5-12/h1-4,12H,5H2. The molecule has 0 radical (unpaired) electrons. The van der Waals surface area contributed by atoms with Gasteiger partial charge in [0.2, 0.25) is 0 Å². The second kappa shape index (κ2) is 3.96. The van der Waals surface area contributed by atoms with E-state index in [9.17, 15) is 10.1 Å². The van der Waals surface area contributed by atoms with Crippen molar-refractivity contribution in [3.63, 3.8) is 0 Å². The quantitative estimate of drug-likeness (QED) is 0.338. The molecule has 1 aromatic carbocycles. The van der Waals surface area contributed by atoms with Gasteiger partial charge in [0.05, 0.1) is 4.92 Å². The van der Waals surface area contributed by atoms with Crippen molar-refractivity contribution in [3.8, 4) is 5.75 Å². The average molecular weight is 185 g/mol. The van der Waals surface area contributed by atoms with Crippen LogP contribution in [0.3, 0.4) is 0 Å². The van der Waals surface area contributed by atoms with Crippen LogP contribution < -0.4 is 4.74 Å². The molecule has 12 heavy (non-hydrogen) atoms. The highest BCUT2D eigenvalue weighted by Crippen LogP contribution is 2.25.